The molecule has 5 nitrogen and oxygen atoms in total. The predicted octanol–water partition coefficient (Wildman–Crippen LogP) is 3.60. The standard InChI is InChI=1S/C20H21ClN2O3/c21-16-8-10-18(11-9-16)26-14-19(24)23-12-4-5-15(13-23)20(25)22-17-6-2-1-3-7-17/h1-3,6-11,15H,4-5,12-14H2,(H,22,25)/t15-/m0/s1. The number of hydrogen-bond acceptors (Lipinski definition) is 3. The first-order chi connectivity index (χ1) is 12.6. The van der Waals surface area contributed by atoms with Crippen LogP contribution in [0.25, 0.3) is 0 Å². The van der Waals surface area contributed by atoms with E-state index in [0.717, 1.165) is 18.5 Å². The first-order valence-electron chi connectivity index (χ1n) is 8.64. The SMILES string of the molecule is O=C(Nc1ccccc1)[C@H]1CCCN(C(=O)COc2ccc(Cl)cc2)C1. The molecule has 2 aromatic carbocycles. The van der Waals surface area contributed by atoms with Crippen LogP contribution in [0.2, 0.25) is 5.02 Å². The van der Waals surface area contributed by atoms with E-state index in [1.54, 1.807) is 29.2 Å². The molecule has 1 aliphatic rings. The van der Waals surface area contributed by atoms with Gasteiger partial charge in [-0.1, -0.05) is 29.8 Å². The Kier molecular flexibility index (Phi) is 6.12. The molecule has 0 unspecified atom stereocenters. The molecule has 1 atom stereocenters. The second-order valence-electron chi connectivity index (χ2n) is 6.28. The van der Waals surface area contributed by atoms with Crippen molar-refractivity contribution in [2.24, 2.45) is 5.92 Å². The van der Waals surface area contributed by atoms with Gasteiger partial charge in [-0.05, 0) is 49.2 Å². The van der Waals surface area contributed by atoms with Crippen molar-refractivity contribution in [3.63, 3.8) is 0 Å². The minimum absolute atomic E-state index is 0.0470. The topological polar surface area (TPSA) is 58.6 Å². The molecule has 2 aromatic rings. The summed E-state index contributed by atoms with van der Waals surface area (Å²) >= 11 is 5.83. The highest BCUT2D eigenvalue weighted by atomic mass is 35.5. The molecule has 1 saturated heterocycles. The van der Waals surface area contributed by atoms with Crippen molar-refractivity contribution in [2.45, 2.75) is 12.8 Å². The number of carbonyl (C=O) groups excluding carboxylic acids is 2. The molecule has 3 rings (SSSR count). The number of benzene rings is 2. The molecule has 1 N–H and O–H groups in total. The average Bonchev–Trinajstić information content (AvgIpc) is 2.68. The minimum Gasteiger partial charge on any atom is -0.484 e. The Hall–Kier alpha value is -2.53. The third kappa shape index (κ3) is 4.99. The van der Waals surface area contributed by atoms with Crippen molar-refractivity contribution < 1.29 is 14.3 Å². The smallest absolute Gasteiger partial charge is 0.260 e. The van der Waals surface area contributed by atoms with Gasteiger partial charge in [0, 0.05) is 23.8 Å². The van der Waals surface area contributed by atoms with E-state index in [-0.39, 0.29) is 24.3 Å². The molecule has 1 aliphatic heterocycles. The number of nitrogens with one attached hydrogen (secondary N) is 1. The fraction of sp³-hybridized carbons (Fsp3) is 0.300. The molecular weight excluding hydrogens is 352 g/mol. The number of anilines is 1. The molecule has 6 heteroatoms. The molecule has 0 saturated carbocycles. The second-order valence-corrected chi connectivity index (χ2v) is 6.71. The Morgan fingerprint density at radius 1 is 1.12 bits per heavy atom. The number of likely N-dealkylation sites (tertiary alicyclic amines) is 1. The summed E-state index contributed by atoms with van der Waals surface area (Å²) in [5.41, 5.74) is 0.770. The largest absolute Gasteiger partial charge is 0.484 e. The summed E-state index contributed by atoms with van der Waals surface area (Å²) in [4.78, 5) is 26.6. The van der Waals surface area contributed by atoms with Crippen LogP contribution in [0.15, 0.2) is 54.6 Å². The number of amides is 2. The van der Waals surface area contributed by atoms with Gasteiger partial charge in [-0.2, -0.15) is 0 Å². The molecule has 1 heterocycles. The van der Waals surface area contributed by atoms with E-state index in [1.165, 1.54) is 0 Å². The fourth-order valence-electron chi connectivity index (χ4n) is 2.95. The van der Waals surface area contributed by atoms with Crippen LogP contribution in [-0.4, -0.2) is 36.4 Å². The number of piperidine rings is 1. The van der Waals surface area contributed by atoms with E-state index >= 15 is 0 Å². The van der Waals surface area contributed by atoms with Crippen LogP contribution in [0.1, 0.15) is 12.8 Å². The number of halogens is 1. The van der Waals surface area contributed by atoms with Gasteiger partial charge in [0.2, 0.25) is 5.91 Å². The van der Waals surface area contributed by atoms with E-state index in [1.807, 2.05) is 30.3 Å². The van der Waals surface area contributed by atoms with Gasteiger partial charge in [0.25, 0.3) is 5.91 Å². The summed E-state index contributed by atoms with van der Waals surface area (Å²) in [5, 5.41) is 3.53. The minimum atomic E-state index is -0.205. The number of hydrogen-bond donors (Lipinski definition) is 1. The fourth-order valence-corrected chi connectivity index (χ4v) is 3.08. The lowest BCUT2D eigenvalue weighted by atomic mass is 9.97. The average molecular weight is 373 g/mol. The summed E-state index contributed by atoms with van der Waals surface area (Å²) in [6.07, 6.45) is 1.58. The van der Waals surface area contributed by atoms with Crippen LogP contribution in [0.3, 0.4) is 0 Å². The Bertz CT molecular complexity index is 749. The van der Waals surface area contributed by atoms with Gasteiger partial charge >= 0.3 is 0 Å². The Balaban J connectivity index is 1.51. The van der Waals surface area contributed by atoms with Crippen molar-refractivity contribution >= 4 is 29.1 Å². The Labute approximate surface area is 157 Å². The first-order valence-corrected chi connectivity index (χ1v) is 9.01. The lowest BCUT2D eigenvalue weighted by Gasteiger charge is -2.32. The van der Waals surface area contributed by atoms with Crippen LogP contribution in [-0.2, 0) is 9.59 Å². The Morgan fingerprint density at radius 2 is 1.85 bits per heavy atom. The maximum atomic E-state index is 12.5. The van der Waals surface area contributed by atoms with E-state index in [9.17, 15) is 9.59 Å². The second kappa shape index (κ2) is 8.72. The maximum absolute atomic E-state index is 12.5. The van der Waals surface area contributed by atoms with Crippen LogP contribution in [0.4, 0.5) is 5.69 Å². The molecule has 0 spiro atoms. The Morgan fingerprint density at radius 3 is 2.58 bits per heavy atom. The lowest BCUT2D eigenvalue weighted by molar-refractivity contribution is -0.136. The quantitative estimate of drug-likeness (QED) is 0.872. The third-order valence-electron chi connectivity index (χ3n) is 4.36. The monoisotopic (exact) mass is 372 g/mol. The molecule has 26 heavy (non-hydrogen) atoms. The summed E-state index contributed by atoms with van der Waals surface area (Å²) in [6.45, 7) is 1.02. The van der Waals surface area contributed by atoms with E-state index in [4.69, 9.17) is 16.3 Å². The number of ether oxygens (including phenoxy) is 1. The zero-order valence-corrected chi connectivity index (χ0v) is 15.1. The molecule has 0 aromatic heterocycles. The van der Waals surface area contributed by atoms with Gasteiger partial charge in [-0.25, -0.2) is 0 Å². The molecular formula is C20H21ClN2O3. The zero-order chi connectivity index (χ0) is 18.4. The lowest BCUT2D eigenvalue weighted by Crippen LogP contribution is -2.45. The summed E-state index contributed by atoms with van der Waals surface area (Å²) in [6, 6.07) is 16.2. The van der Waals surface area contributed by atoms with E-state index in [2.05, 4.69) is 5.32 Å². The summed E-state index contributed by atoms with van der Waals surface area (Å²) in [7, 11) is 0. The number of rotatable bonds is 5. The molecule has 0 aliphatic carbocycles. The third-order valence-corrected chi connectivity index (χ3v) is 4.61. The maximum Gasteiger partial charge on any atom is 0.260 e. The van der Waals surface area contributed by atoms with Gasteiger partial charge in [-0.3, -0.25) is 9.59 Å². The normalized spacial score (nSPS) is 16.8. The predicted molar refractivity (Wildman–Crippen MR) is 101 cm³/mol. The highest BCUT2D eigenvalue weighted by molar-refractivity contribution is 6.30. The highest BCUT2D eigenvalue weighted by Crippen LogP contribution is 2.20. The number of para-hydroxylation sites is 1. The highest BCUT2D eigenvalue weighted by Gasteiger charge is 2.28. The van der Waals surface area contributed by atoms with E-state index in [0.29, 0.717) is 23.9 Å². The molecule has 136 valence electrons. The van der Waals surface area contributed by atoms with Crippen LogP contribution in [0, 0.1) is 5.92 Å². The van der Waals surface area contributed by atoms with Gasteiger partial charge in [-0.15, -0.1) is 0 Å². The number of nitrogens with zero attached hydrogens (tertiary/aromatic N) is 1. The van der Waals surface area contributed by atoms with Crippen molar-refractivity contribution in [3.05, 3.63) is 59.6 Å². The summed E-state index contributed by atoms with van der Waals surface area (Å²) in [5.74, 6) is 0.228. The first kappa shape index (κ1) is 18.3. The van der Waals surface area contributed by atoms with Crippen LogP contribution in [0.5, 0.6) is 5.75 Å². The van der Waals surface area contributed by atoms with Gasteiger partial charge in [0.1, 0.15) is 5.75 Å². The number of carbonyl (C=O) groups is 2. The van der Waals surface area contributed by atoms with Crippen molar-refractivity contribution in [3.8, 4) is 5.75 Å². The van der Waals surface area contributed by atoms with Crippen LogP contribution < -0.4 is 10.1 Å². The van der Waals surface area contributed by atoms with Gasteiger partial charge < -0.3 is 15.0 Å². The summed E-state index contributed by atoms with van der Waals surface area (Å²) < 4.78 is 5.52. The molecule has 2 amide bonds. The van der Waals surface area contributed by atoms with Crippen molar-refractivity contribution in [1.82, 2.24) is 4.90 Å². The van der Waals surface area contributed by atoms with Crippen LogP contribution >= 0.6 is 11.6 Å². The molecule has 0 radical (unpaired) electrons. The van der Waals surface area contributed by atoms with Crippen molar-refractivity contribution in [2.75, 3.05) is 25.0 Å². The molecule has 0 bridgehead atoms. The van der Waals surface area contributed by atoms with Crippen molar-refractivity contribution in [1.29, 1.82) is 0 Å². The molecule has 1 fully saturated rings. The zero-order valence-electron chi connectivity index (χ0n) is 14.4. The van der Waals surface area contributed by atoms with Gasteiger partial charge in [0.05, 0.1) is 5.92 Å². The van der Waals surface area contributed by atoms with E-state index < -0.39 is 0 Å². The van der Waals surface area contributed by atoms with Gasteiger partial charge in [0.15, 0.2) is 6.61 Å².